The minimum Gasteiger partial charge on any atom is -0.378 e. The summed E-state index contributed by atoms with van der Waals surface area (Å²) in [5, 5.41) is 2.66. The molecule has 0 bridgehead atoms. The zero-order valence-corrected chi connectivity index (χ0v) is 17.3. The molecular formula is C18H36ClN3O3. The first kappa shape index (κ1) is 24.1. The fourth-order valence-corrected chi connectivity index (χ4v) is 3.76. The van der Waals surface area contributed by atoms with Crippen LogP contribution in [0.4, 0.5) is 0 Å². The summed E-state index contributed by atoms with van der Waals surface area (Å²) in [7, 11) is 1.82. The van der Waals surface area contributed by atoms with Gasteiger partial charge in [0.1, 0.15) is 0 Å². The number of ether oxygens (including phenoxy) is 1. The Hall–Kier alpha value is -0.850. The Kier molecular flexibility index (Phi) is 9.98. The second kappa shape index (κ2) is 10.3. The molecule has 6 nitrogen and oxygen atoms in total. The van der Waals surface area contributed by atoms with Crippen LogP contribution in [-0.2, 0) is 14.3 Å². The average Bonchev–Trinajstić information content (AvgIpc) is 2.55. The lowest BCUT2D eigenvalue weighted by Crippen LogP contribution is -2.65. The Morgan fingerprint density at radius 3 is 2.28 bits per heavy atom. The van der Waals surface area contributed by atoms with E-state index in [1.165, 1.54) is 0 Å². The van der Waals surface area contributed by atoms with E-state index in [4.69, 9.17) is 10.5 Å². The van der Waals surface area contributed by atoms with Gasteiger partial charge < -0.3 is 20.7 Å². The average molecular weight is 378 g/mol. The Balaban J connectivity index is 0.00000576. The number of nitrogens with two attached hydrogens (primary N) is 1. The summed E-state index contributed by atoms with van der Waals surface area (Å²) in [6.07, 6.45) is 3.01. The molecule has 1 aliphatic rings. The second-order valence-corrected chi connectivity index (χ2v) is 7.13. The standard InChI is InChI=1S/C18H35N3O3.ClH/c1-7-18(8-2)13(10-14(18)24-9-3)21(6)15(22)11-20-17(23)16(19)12(4)5;/h12-14,16H,7-11,19H2,1-6H3,(H,20,23);1H/t13?,14?,16-;/m0./s1. The normalized spacial score (nSPS) is 22.6. The van der Waals surface area contributed by atoms with E-state index < -0.39 is 6.04 Å². The highest BCUT2D eigenvalue weighted by Gasteiger charge is 2.55. The van der Waals surface area contributed by atoms with Crippen molar-refractivity contribution in [1.29, 1.82) is 0 Å². The Labute approximate surface area is 158 Å². The largest absolute Gasteiger partial charge is 0.378 e. The van der Waals surface area contributed by atoms with E-state index >= 15 is 0 Å². The lowest BCUT2D eigenvalue weighted by atomic mass is 9.58. The Morgan fingerprint density at radius 2 is 1.84 bits per heavy atom. The van der Waals surface area contributed by atoms with Crippen molar-refractivity contribution in [3.63, 3.8) is 0 Å². The molecule has 7 heteroatoms. The topological polar surface area (TPSA) is 84.7 Å². The van der Waals surface area contributed by atoms with Crippen molar-refractivity contribution >= 4 is 24.2 Å². The predicted octanol–water partition coefficient (Wildman–Crippen LogP) is 1.95. The Morgan fingerprint density at radius 1 is 1.28 bits per heavy atom. The van der Waals surface area contributed by atoms with Crippen LogP contribution in [0.3, 0.4) is 0 Å². The van der Waals surface area contributed by atoms with E-state index in [2.05, 4.69) is 19.2 Å². The van der Waals surface area contributed by atoms with E-state index in [-0.39, 0.29) is 54.2 Å². The third-order valence-corrected chi connectivity index (χ3v) is 5.72. The van der Waals surface area contributed by atoms with Crippen LogP contribution in [0.25, 0.3) is 0 Å². The van der Waals surface area contributed by atoms with Crippen LogP contribution in [0.1, 0.15) is 53.9 Å². The van der Waals surface area contributed by atoms with Crippen molar-refractivity contribution in [2.45, 2.75) is 72.1 Å². The van der Waals surface area contributed by atoms with Gasteiger partial charge in [0, 0.05) is 25.1 Å². The van der Waals surface area contributed by atoms with Crippen LogP contribution >= 0.6 is 12.4 Å². The fraction of sp³-hybridized carbons (Fsp3) is 0.889. The van der Waals surface area contributed by atoms with E-state index in [1.807, 2.05) is 27.8 Å². The lowest BCUT2D eigenvalue weighted by Gasteiger charge is -2.58. The highest BCUT2D eigenvalue weighted by molar-refractivity contribution is 5.87. The van der Waals surface area contributed by atoms with Crippen LogP contribution in [0.5, 0.6) is 0 Å². The van der Waals surface area contributed by atoms with Gasteiger partial charge in [0.05, 0.1) is 18.7 Å². The molecule has 0 heterocycles. The van der Waals surface area contributed by atoms with Crippen molar-refractivity contribution in [2.75, 3.05) is 20.2 Å². The summed E-state index contributed by atoms with van der Waals surface area (Å²) in [4.78, 5) is 26.2. The Bertz CT molecular complexity index is 441. The molecule has 2 amide bonds. The number of nitrogens with one attached hydrogen (secondary N) is 1. The van der Waals surface area contributed by atoms with Crippen molar-refractivity contribution in [3.8, 4) is 0 Å². The predicted molar refractivity (Wildman–Crippen MR) is 103 cm³/mol. The molecule has 0 aromatic heterocycles. The third-order valence-electron chi connectivity index (χ3n) is 5.72. The van der Waals surface area contributed by atoms with Crippen LogP contribution in [0, 0.1) is 11.3 Å². The molecule has 0 aliphatic heterocycles. The van der Waals surface area contributed by atoms with Crippen LogP contribution in [0.2, 0.25) is 0 Å². The van der Waals surface area contributed by atoms with Gasteiger partial charge in [0.25, 0.3) is 0 Å². The molecule has 0 aromatic carbocycles. The molecule has 0 spiro atoms. The maximum Gasteiger partial charge on any atom is 0.241 e. The zero-order valence-electron chi connectivity index (χ0n) is 16.5. The molecule has 0 radical (unpaired) electrons. The number of likely N-dealkylation sites (N-methyl/N-ethyl adjacent to an activating group) is 1. The maximum atomic E-state index is 12.5. The second-order valence-electron chi connectivity index (χ2n) is 7.13. The number of halogens is 1. The number of carbonyl (C=O) groups is 2. The molecule has 1 fully saturated rings. The lowest BCUT2D eigenvalue weighted by molar-refractivity contribution is -0.176. The quantitative estimate of drug-likeness (QED) is 0.643. The minimum atomic E-state index is -0.584. The van der Waals surface area contributed by atoms with Gasteiger partial charge in [-0.25, -0.2) is 0 Å². The summed E-state index contributed by atoms with van der Waals surface area (Å²) < 4.78 is 5.87. The number of amides is 2. The smallest absolute Gasteiger partial charge is 0.241 e. The van der Waals surface area contributed by atoms with E-state index in [0.717, 1.165) is 19.3 Å². The third kappa shape index (κ3) is 5.08. The highest BCUT2D eigenvalue weighted by atomic mass is 35.5. The molecule has 1 rings (SSSR count). The maximum absolute atomic E-state index is 12.5. The van der Waals surface area contributed by atoms with Crippen molar-refractivity contribution in [2.24, 2.45) is 17.1 Å². The van der Waals surface area contributed by atoms with Gasteiger partial charge in [0.15, 0.2) is 0 Å². The molecule has 3 N–H and O–H groups in total. The molecule has 2 unspecified atom stereocenters. The fourth-order valence-electron chi connectivity index (χ4n) is 3.76. The zero-order chi connectivity index (χ0) is 18.5. The number of nitrogens with zero attached hydrogens (tertiary/aromatic N) is 1. The molecule has 3 atom stereocenters. The van der Waals surface area contributed by atoms with Crippen molar-refractivity contribution in [3.05, 3.63) is 0 Å². The number of carbonyl (C=O) groups excluding carboxylic acids is 2. The van der Waals surface area contributed by atoms with Gasteiger partial charge in [-0.05, 0) is 32.1 Å². The van der Waals surface area contributed by atoms with Gasteiger partial charge in [-0.2, -0.15) is 0 Å². The number of rotatable bonds is 9. The van der Waals surface area contributed by atoms with E-state index in [1.54, 1.807) is 4.90 Å². The van der Waals surface area contributed by atoms with Crippen molar-refractivity contribution < 1.29 is 14.3 Å². The molecule has 0 saturated heterocycles. The van der Waals surface area contributed by atoms with Crippen LogP contribution in [-0.4, -0.2) is 55.1 Å². The summed E-state index contributed by atoms with van der Waals surface area (Å²) in [6, 6.07) is -0.424. The molecular weight excluding hydrogens is 342 g/mol. The first-order valence-electron chi connectivity index (χ1n) is 9.15. The van der Waals surface area contributed by atoms with Crippen molar-refractivity contribution in [1.82, 2.24) is 10.2 Å². The number of hydrogen-bond acceptors (Lipinski definition) is 4. The summed E-state index contributed by atoms with van der Waals surface area (Å²) in [5.41, 5.74) is 5.82. The van der Waals surface area contributed by atoms with Gasteiger partial charge in [-0.3, -0.25) is 9.59 Å². The minimum absolute atomic E-state index is 0. The van der Waals surface area contributed by atoms with E-state index in [9.17, 15) is 9.59 Å². The molecule has 0 aromatic rings. The van der Waals surface area contributed by atoms with Gasteiger partial charge in [0.2, 0.25) is 11.8 Å². The first-order valence-corrected chi connectivity index (χ1v) is 9.15. The number of hydrogen-bond donors (Lipinski definition) is 2. The molecule has 148 valence electrons. The summed E-state index contributed by atoms with van der Waals surface area (Å²) >= 11 is 0. The van der Waals surface area contributed by atoms with Gasteiger partial charge >= 0.3 is 0 Å². The molecule has 1 saturated carbocycles. The monoisotopic (exact) mass is 377 g/mol. The SMILES string of the molecule is CCOC1CC(N(C)C(=O)CNC(=O)[C@@H](N)C(C)C)C1(CC)CC.Cl. The van der Waals surface area contributed by atoms with Gasteiger partial charge in [-0.1, -0.05) is 27.7 Å². The summed E-state index contributed by atoms with van der Waals surface area (Å²) in [6.45, 7) is 10.8. The van der Waals surface area contributed by atoms with Crippen LogP contribution < -0.4 is 11.1 Å². The van der Waals surface area contributed by atoms with E-state index in [0.29, 0.717) is 6.61 Å². The van der Waals surface area contributed by atoms with Crippen LogP contribution in [0.15, 0.2) is 0 Å². The highest BCUT2D eigenvalue weighted by Crippen LogP contribution is 2.51. The summed E-state index contributed by atoms with van der Waals surface area (Å²) in [5.74, 6) is -0.306. The molecule has 1 aliphatic carbocycles. The van der Waals surface area contributed by atoms with Gasteiger partial charge in [-0.15, -0.1) is 12.4 Å². The molecule has 25 heavy (non-hydrogen) atoms. The first-order chi connectivity index (χ1) is 11.2.